The molecule has 2 unspecified atom stereocenters. The van der Waals surface area contributed by atoms with E-state index in [9.17, 15) is 4.79 Å². The Labute approximate surface area is 139 Å². The highest BCUT2D eigenvalue weighted by atomic mass is 16.5. The summed E-state index contributed by atoms with van der Waals surface area (Å²) < 4.78 is 11.5. The monoisotopic (exact) mass is 319 g/mol. The van der Waals surface area contributed by atoms with Crippen LogP contribution in [0.15, 0.2) is 18.2 Å². The molecule has 4 nitrogen and oxygen atoms in total. The number of hydrogen-bond donors (Lipinski definition) is 0. The summed E-state index contributed by atoms with van der Waals surface area (Å²) in [5, 5.41) is 0. The molecule has 0 N–H and O–H groups in total. The van der Waals surface area contributed by atoms with Crippen LogP contribution in [0.1, 0.15) is 44.2 Å². The first-order chi connectivity index (χ1) is 11.0. The van der Waals surface area contributed by atoms with E-state index in [-0.39, 0.29) is 12.0 Å². The lowest BCUT2D eigenvalue weighted by atomic mass is 10.1. The summed E-state index contributed by atoms with van der Waals surface area (Å²) in [5.74, 6) is 0.00950. The molecule has 23 heavy (non-hydrogen) atoms. The first-order valence-electron chi connectivity index (χ1n) is 8.64. The zero-order valence-electron chi connectivity index (χ0n) is 14.8. The lowest BCUT2D eigenvalue weighted by Gasteiger charge is -2.28. The van der Waals surface area contributed by atoms with Gasteiger partial charge in [0.15, 0.2) is 0 Å². The van der Waals surface area contributed by atoms with Gasteiger partial charge in [-0.05, 0) is 58.6 Å². The highest BCUT2D eigenvalue weighted by molar-refractivity contribution is 5.97. The van der Waals surface area contributed by atoms with Gasteiger partial charge < -0.3 is 14.4 Å². The van der Waals surface area contributed by atoms with E-state index in [1.807, 2.05) is 32.9 Å². The van der Waals surface area contributed by atoms with Gasteiger partial charge in [0, 0.05) is 18.8 Å². The summed E-state index contributed by atoms with van der Waals surface area (Å²) in [5.41, 5.74) is 3.28. The molecule has 1 saturated heterocycles. The molecule has 1 amide bonds. The molecule has 0 bridgehead atoms. The van der Waals surface area contributed by atoms with E-state index in [1.165, 1.54) is 12.0 Å². The van der Waals surface area contributed by atoms with E-state index in [4.69, 9.17) is 9.47 Å². The lowest BCUT2D eigenvalue weighted by molar-refractivity contribution is -0.132. The Bertz CT molecular complexity index is 523. The van der Waals surface area contributed by atoms with E-state index in [0.717, 1.165) is 30.7 Å². The topological polar surface area (TPSA) is 38.8 Å². The maximum absolute atomic E-state index is 12.7. The Hall–Kier alpha value is -1.39. The van der Waals surface area contributed by atoms with Crippen molar-refractivity contribution in [2.45, 2.75) is 59.2 Å². The van der Waals surface area contributed by atoms with Crippen LogP contribution in [0, 0.1) is 13.8 Å². The van der Waals surface area contributed by atoms with E-state index in [1.54, 1.807) is 4.90 Å². The number of carbonyl (C=O) groups is 1. The Morgan fingerprint density at radius 2 is 2.17 bits per heavy atom. The van der Waals surface area contributed by atoms with Crippen molar-refractivity contribution in [1.29, 1.82) is 0 Å². The third-order valence-corrected chi connectivity index (χ3v) is 4.38. The fourth-order valence-electron chi connectivity index (χ4n) is 3.03. The summed E-state index contributed by atoms with van der Waals surface area (Å²) in [4.78, 5) is 14.6. The van der Waals surface area contributed by atoms with E-state index in [2.05, 4.69) is 13.0 Å². The summed E-state index contributed by atoms with van der Waals surface area (Å²) in [6.45, 7) is 9.86. The summed E-state index contributed by atoms with van der Waals surface area (Å²) >= 11 is 0. The predicted molar refractivity (Wildman–Crippen MR) is 92.9 cm³/mol. The van der Waals surface area contributed by atoms with Crippen molar-refractivity contribution in [2.24, 2.45) is 0 Å². The van der Waals surface area contributed by atoms with Crippen LogP contribution in [0.4, 0.5) is 5.69 Å². The molecule has 1 aromatic carbocycles. The Morgan fingerprint density at radius 3 is 2.78 bits per heavy atom. The summed E-state index contributed by atoms with van der Waals surface area (Å²) in [7, 11) is 0. The van der Waals surface area contributed by atoms with Gasteiger partial charge in [0.1, 0.15) is 6.10 Å². The van der Waals surface area contributed by atoms with Crippen molar-refractivity contribution in [1.82, 2.24) is 0 Å². The average Bonchev–Trinajstić information content (AvgIpc) is 2.56. The van der Waals surface area contributed by atoms with E-state index < -0.39 is 6.10 Å². The lowest BCUT2D eigenvalue weighted by Crippen LogP contribution is -2.40. The highest BCUT2D eigenvalue weighted by Crippen LogP contribution is 2.22. The van der Waals surface area contributed by atoms with Gasteiger partial charge in [0.05, 0.1) is 12.7 Å². The molecule has 1 heterocycles. The molecule has 2 atom stereocenters. The van der Waals surface area contributed by atoms with Crippen LogP contribution in [-0.4, -0.2) is 37.9 Å². The second-order valence-electron chi connectivity index (χ2n) is 6.34. The molecule has 4 heteroatoms. The number of anilines is 1. The number of nitrogens with zero attached hydrogens (tertiary/aromatic N) is 1. The SMILES string of the molecule is CCN(C(=O)C(C)OCC1CCCCO1)c1ccc(C)cc1C. The van der Waals surface area contributed by atoms with Crippen LogP contribution in [0.2, 0.25) is 0 Å². The van der Waals surface area contributed by atoms with Crippen molar-refractivity contribution in [2.75, 3.05) is 24.7 Å². The molecule has 1 aliphatic heterocycles. The van der Waals surface area contributed by atoms with Crippen molar-refractivity contribution in [3.05, 3.63) is 29.3 Å². The van der Waals surface area contributed by atoms with Gasteiger partial charge in [-0.1, -0.05) is 17.7 Å². The fraction of sp³-hybridized carbons (Fsp3) is 0.632. The molecular weight excluding hydrogens is 290 g/mol. The first-order valence-corrected chi connectivity index (χ1v) is 8.64. The first kappa shape index (κ1) is 18.0. The number of rotatable bonds is 6. The van der Waals surface area contributed by atoms with Gasteiger partial charge in [-0.2, -0.15) is 0 Å². The van der Waals surface area contributed by atoms with Crippen molar-refractivity contribution < 1.29 is 14.3 Å². The largest absolute Gasteiger partial charge is 0.376 e. The summed E-state index contributed by atoms with van der Waals surface area (Å²) in [6, 6.07) is 6.16. The van der Waals surface area contributed by atoms with Crippen molar-refractivity contribution in [3.63, 3.8) is 0 Å². The Kier molecular flexibility index (Phi) is 6.60. The van der Waals surface area contributed by atoms with Crippen LogP contribution in [0.25, 0.3) is 0 Å². The molecule has 1 aromatic rings. The van der Waals surface area contributed by atoms with Crippen molar-refractivity contribution >= 4 is 11.6 Å². The number of likely N-dealkylation sites (N-methyl/N-ethyl adjacent to an activating group) is 1. The second-order valence-corrected chi connectivity index (χ2v) is 6.34. The number of carbonyl (C=O) groups excluding carboxylic acids is 1. The number of benzene rings is 1. The molecule has 0 aromatic heterocycles. The molecule has 0 saturated carbocycles. The normalized spacial score (nSPS) is 19.4. The molecule has 1 fully saturated rings. The van der Waals surface area contributed by atoms with Crippen molar-refractivity contribution in [3.8, 4) is 0 Å². The molecule has 0 spiro atoms. The molecule has 128 valence electrons. The number of amides is 1. The predicted octanol–water partition coefficient (Wildman–Crippen LogP) is 3.63. The van der Waals surface area contributed by atoms with Gasteiger partial charge in [-0.15, -0.1) is 0 Å². The number of hydrogen-bond acceptors (Lipinski definition) is 3. The molecule has 0 radical (unpaired) electrons. The highest BCUT2D eigenvalue weighted by Gasteiger charge is 2.24. The standard InChI is InChI=1S/C19H29NO3/c1-5-20(18-10-9-14(2)12-15(18)3)19(21)16(4)23-13-17-8-6-7-11-22-17/h9-10,12,16-17H,5-8,11,13H2,1-4H3. The maximum atomic E-state index is 12.7. The Balaban J connectivity index is 1.97. The molecule has 2 rings (SSSR count). The third kappa shape index (κ3) is 4.79. The number of ether oxygens (including phenoxy) is 2. The molecular formula is C19H29NO3. The van der Waals surface area contributed by atoms with Crippen LogP contribution in [0.3, 0.4) is 0 Å². The van der Waals surface area contributed by atoms with Gasteiger partial charge in [-0.25, -0.2) is 0 Å². The average molecular weight is 319 g/mol. The molecule has 0 aliphatic carbocycles. The van der Waals surface area contributed by atoms with Gasteiger partial charge in [0.25, 0.3) is 5.91 Å². The number of aryl methyl sites for hydroxylation is 2. The van der Waals surface area contributed by atoms with Gasteiger partial charge in [-0.3, -0.25) is 4.79 Å². The Morgan fingerprint density at radius 1 is 1.39 bits per heavy atom. The maximum Gasteiger partial charge on any atom is 0.255 e. The smallest absolute Gasteiger partial charge is 0.255 e. The van der Waals surface area contributed by atoms with Gasteiger partial charge in [0.2, 0.25) is 0 Å². The summed E-state index contributed by atoms with van der Waals surface area (Å²) in [6.07, 6.45) is 3.01. The third-order valence-electron chi connectivity index (χ3n) is 4.38. The van der Waals surface area contributed by atoms with Crippen LogP contribution in [0.5, 0.6) is 0 Å². The minimum absolute atomic E-state index is 0.00950. The van der Waals surface area contributed by atoms with E-state index in [0.29, 0.717) is 13.2 Å². The quantitative estimate of drug-likeness (QED) is 0.803. The zero-order valence-corrected chi connectivity index (χ0v) is 14.8. The minimum atomic E-state index is -0.457. The van der Waals surface area contributed by atoms with E-state index >= 15 is 0 Å². The van der Waals surface area contributed by atoms with Crippen LogP contribution < -0.4 is 4.90 Å². The van der Waals surface area contributed by atoms with Crippen LogP contribution in [-0.2, 0) is 14.3 Å². The van der Waals surface area contributed by atoms with Gasteiger partial charge >= 0.3 is 0 Å². The zero-order chi connectivity index (χ0) is 16.8. The fourth-order valence-corrected chi connectivity index (χ4v) is 3.03. The van der Waals surface area contributed by atoms with Crippen LogP contribution >= 0.6 is 0 Å². The minimum Gasteiger partial charge on any atom is -0.376 e. The molecule has 1 aliphatic rings. The second kappa shape index (κ2) is 8.46.